The van der Waals surface area contributed by atoms with E-state index in [0.29, 0.717) is 10.8 Å². The molecule has 28 heavy (non-hydrogen) atoms. The van der Waals surface area contributed by atoms with Crippen LogP contribution >= 0.6 is 0 Å². The number of hydrogen-bond donors (Lipinski definition) is 3. The predicted octanol–water partition coefficient (Wildman–Crippen LogP) is -0.449. The Balaban J connectivity index is 1.64. The summed E-state index contributed by atoms with van der Waals surface area (Å²) in [5.74, 6) is -1.96. The molecule has 1 saturated heterocycles. The van der Waals surface area contributed by atoms with Crippen molar-refractivity contribution in [1.82, 2.24) is 9.55 Å². The maximum Gasteiger partial charge on any atom is 0.330 e. The zero-order valence-electron chi connectivity index (χ0n) is 14.4. The number of aromatic amines is 1. The summed E-state index contributed by atoms with van der Waals surface area (Å²) in [6, 6.07) is 9.01. The number of nitrogens with zero attached hydrogens (tertiary/aromatic N) is 1. The van der Waals surface area contributed by atoms with Crippen molar-refractivity contribution in [1.29, 1.82) is 0 Å². The number of benzene rings is 1. The first-order valence-electron chi connectivity index (χ1n) is 8.29. The minimum Gasteiger partial charge on any atom is -0.460 e. The Hall–Kier alpha value is -3.08. The molecule has 3 rings (SSSR count). The van der Waals surface area contributed by atoms with E-state index in [4.69, 9.17) is 9.47 Å². The molecule has 3 N–H and O–H groups in total. The van der Waals surface area contributed by atoms with Gasteiger partial charge in [0.25, 0.3) is 5.56 Å². The maximum atomic E-state index is 13.4. The van der Waals surface area contributed by atoms with Gasteiger partial charge in [-0.3, -0.25) is 14.3 Å². The Bertz CT molecular complexity index is 985. The fourth-order valence-electron chi connectivity index (χ4n) is 2.69. The fourth-order valence-corrected chi connectivity index (χ4v) is 2.69. The second kappa shape index (κ2) is 8.30. The summed E-state index contributed by atoms with van der Waals surface area (Å²) in [7, 11) is 0. The van der Waals surface area contributed by atoms with Crippen LogP contribution in [0.15, 0.2) is 52.2 Å². The van der Waals surface area contributed by atoms with Gasteiger partial charge in [0.15, 0.2) is 6.23 Å². The van der Waals surface area contributed by atoms with Gasteiger partial charge in [0.05, 0.1) is 6.20 Å². The third-order valence-corrected chi connectivity index (χ3v) is 4.14. The Morgan fingerprint density at radius 2 is 1.96 bits per heavy atom. The van der Waals surface area contributed by atoms with Gasteiger partial charge in [-0.15, -0.1) is 0 Å². The Kier molecular flexibility index (Phi) is 5.83. The van der Waals surface area contributed by atoms with Crippen molar-refractivity contribution >= 4 is 12.0 Å². The molecule has 0 radical (unpaired) electrons. The molecule has 0 spiro atoms. The van der Waals surface area contributed by atoms with Crippen LogP contribution in [0, 0.1) is 5.82 Å². The van der Waals surface area contributed by atoms with Crippen LogP contribution in [0.25, 0.3) is 6.08 Å². The molecular weight excluding hydrogens is 375 g/mol. The molecule has 0 bridgehead atoms. The van der Waals surface area contributed by atoms with Crippen molar-refractivity contribution in [3.63, 3.8) is 0 Å². The largest absolute Gasteiger partial charge is 0.460 e. The van der Waals surface area contributed by atoms with E-state index in [1.807, 2.05) is 6.07 Å². The van der Waals surface area contributed by atoms with Crippen LogP contribution in [-0.2, 0) is 14.3 Å². The Morgan fingerprint density at radius 3 is 2.68 bits per heavy atom. The monoisotopic (exact) mass is 392 g/mol. The molecular formula is C18H17FN2O7. The van der Waals surface area contributed by atoms with E-state index in [0.717, 1.165) is 5.56 Å². The number of carbonyl (C=O) groups excluding carboxylic acids is 1. The number of H-pyrrole nitrogens is 1. The first kappa shape index (κ1) is 19.7. The lowest BCUT2D eigenvalue weighted by Gasteiger charge is -2.16. The number of hydrogen-bond acceptors (Lipinski definition) is 7. The lowest BCUT2D eigenvalue weighted by Crippen LogP contribution is -2.38. The molecule has 10 heteroatoms. The van der Waals surface area contributed by atoms with E-state index in [9.17, 15) is 29.0 Å². The fraction of sp³-hybridized carbons (Fsp3) is 0.278. The number of nitrogens with one attached hydrogen (secondary N) is 1. The molecule has 1 fully saturated rings. The average Bonchev–Trinajstić information content (AvgIpc) is 2.96. The highest BCUT2D eigenvalue weighted by molar-refractivity contribution is 5.87. The second-order valence-corrected chi connectivity index (χ2v) is 6.06. The van der Waals surface area contributed by atoms with Crippen LogP contribution in [0.4, 0.5) is 4.39 Å². The van der Waals surface area contributed by atoms with Crippen LogP contribution in [0.1, 0.15) is 11.8 Å². The lowest BCUT2D eigenvalue weighted by molar-refractivity contribution is -0.144. The second-order valence-electron chi connectivity index (χ2n) is 6.06. The van der Waals surface area contributed by atoms with Crippen LogP contribution in [0.2, 0.25) is 0 Å². The number of esters is 1. The normalized spacial score (nSPS) is 24.5. The summed E-state index contributed by atoms with van der Waals surface area (Å²) in [4.78, 5) is 36.4. The molecule has 1 aromatic carbocycles. The zero-order valence-corrected chi connectivity index (χ0v) is 14.4. The van der Waals surface area contributed by atoms with Gasteiger partial charge in [-0.2, -0.15) is 4.39 Å². The van der Waals surface area contributed by atoms with Crippen molar-refractivity contribution in [2.24, 2.45) is 0 Å². The first-order valence-corrected chi connectivity index (χ1v) is 8.29. The van der Waals surface area contributed by atoms with Gasteiger partial charge in [0.2, 0.25) is 5.82 Å². The maximum absolute atomic E-state index is 13.4. The quantitative estimate of drug-likeness (QED) is 0.464. The molecule has 4 atom stereocenters. The molecule has 148 valence electrons. The average molecular weight is 392 g/mol. The predicted molar refractivity (Wildman–Crippen MR) is 93.6 cm³/mol. The lowest BCUT2D eigenvalue weighted by atomic mass is 10.1. The SMILES string of the molecule is O=C(/C=C/c1ccccc1)OC[C@H]1O[C@@H](n2cc(F)c(=O)[nH]c2=O)[C@H](O)[C@@H]1O. The molecule has 2 heterocycles. The molecule has 0 unspecified atom stereocenters. The van der Waals surface area contributed by atoms with E-state index >= 15 is 0 Å². The number of aliphatic hydroxyl groups is 2. The molecule has 9 nitrogen and oxygen atoms in total. The third kappa shape index (κ3) is 4.25. The van der Waals surface area contributed by atoms with Crippen molar-refractivity contribution in [3.8, 4) is 0 Å². The Morgan fingerprint density at radius 1 is 1.25 bits per heavy atom. The first-order chi connectivity index (χ1) is 13.4. The number of ether oxygens (including phenoxy) is 2. The minimum atomic E-state index is -1.61. The molecule has 1 aliphatic rings. The van der Waals surface area contributed by atoms with Crippen molar-refractivity contribution < 1.29 is 28.9 Å². The number of aliphatic hydroxyl groups excluding tert-OH is 2. The minimum absolute atomic E-state index is 0.409. The van der Waals surface area contributed by atoms with Crippen LogP contribution in [0.3, 0.4) is 0 Å². The summed E-state index contributed by atoms with van der Waals surface area (Å²) in [6.07, 6.45) is -2.43. The summed E-state index contributed by atoms with van der Waals surface area (Å²) < 4.78 is 24.4. The summed E-state index contributed by atoms with van der Waals surface area (Å²) in [5.41, 5.74) is -1.46. The standard InChI is InChI=1S/C18H17FN2O7/c19-11-8-21(18(26)20-16(11)25)17-15(24)14(23)12(28-17)9-27-13(22)7-6-10-4-2-1-3-5-10/h1-8,12,14-15,17,23-24H,9H2,(H,20,25,26)/b7-6+/t12-,14-,15-,17-/m1/s1. The van der Waals surface area contributed by atoms with Gasteiger partial charge in [-0.05, 0) is 11.6 Å². The van der Waals surface area contributed by atoms with Crippen LogP contribution in [-0.4, -0.2) is 50.7 Å². The molecule has 0 amide bonds. The molecule has 0 saturated carbocycles. The highest BCUT2D eigenvalue weighted by atomic mass is 19.1. The smallest absolute Gasteiger partial charge is 0.330 e. The molecule has 2 aromatic rings. The van der Waals surface area contributed by atoms with E-state index in [1.54, 1.807) is 29.2 Å². The van der Waals surface area contributed by atoms with E-state index in [-0.39, 0.29) is 0 Å². The molecule has 0 aliphatic carbocycles. The highest BCUT2D eigenvalue weighted by Gasteiger charge is 2.44. The van der Waals surface area contributed by atoms with E-state index in [1.165, 1.54) is 12.2 Å². The van der Waals surface area contributed by atoms with Gasteiger partial charge in [0, 0.05) is 6.08 Å². The number of halogens is 1. The van der Waals surface area contributed by atoms with Crippen LogP contribution < -0.4 is 11.2 Å². The summed E-state index contributed by atoms with van der Waals surface area (Å²) in [6.45, 7) is -0.409. The third-order valence-electron chi connectivity index (χ3n) is 4.14. The number of rotatable bonds is 5. The zero-order chi connectivity index (χ0) is 20.3. The van der Waals surface area contributed by atoms with Gasteiger partial charge < -0.3 is 19.7 Å². The van der Waals surface area contributed by atoms with Gasteiger partial charge in [0.1, 0.15) is 24.9 Å². The topological polar surface area (TPSA) is 131 Å². The van der Waals surface area contributed by atoms with Crippen LogP contribution in [0.5, 0.6) is 0 Å². The van der Waals surface area contributed by atoms with Crippen molar-refractivity contribution in [3.05, 3.63) is 74.8 Å². The van der Waals surface area contributed by atoms with E-state index < -0.39 is 54.2 Å². The van der Waals surface area contributed by atoms with Crippen molar-refractivity contribution in [2.45, 2.75) is 24.5 Å². The highest BCUT2D eigenvalue weighted by Crippen LogP contribution is 2.28. The van der Waals surface area contributed by atoms with E-state index in [2.05, 4.69) is 0 Å². The van der Waals surface area contributed by atoms with Gasteiger partial charge in [-0.1, -0.05) is 30.3 Å². The summed E-state index contributed by atoms with van der Waals surface area (Å²) >= 11 is 0. The van der Waals surface area contributed by atoms with Gasteiger partial charge >= 0.3 is 11.7 Å². The number of aromatic nitrogens is 2. The molecule has 1 aliphatic heterocycles. The summed E-state index contributed by atoms with van der Waals surface area (Å²) in [5, 5.41) is 20.1. The van der Waals surface area contributed by atoms with Crippen molar-refractivity contribution in [2.75, 3.05) is 6.61 Å². The van der Waals surface area contributed by atoms with Gasteiger partial charge in [-0.25, -0.2) is 9.59 Å². The Labute approximate surface area is 157 Å². The molecule has 1 aromatic heterocycles. The number of carbonyl (C=O) groups is 1.